The lowest BCUT2D eigenvalue weighted by atomic mass is 10.2. The van der Waals surface area contributed by atoms with Crippen LogP contribution in [0.1, 0.15) is 20.3 Å². The number of likely N-dealkylation sites (tertiary alicyclic amines) is 1. The summed E-state index contributed by atoms with van der Waals surface area (Å²) >= 11 is 0. The maximum atomic E-state index is 12.4. The van der Waals surface area contributed by atoms with E-state index in [0.717, 1.165) is 0 Å². The first-order valence-corrected chi connectivity index (χ1v) is 6.98. The maximum absolute atomic E-state index is 12.4. The Bertz CT molecular complexity index is 533. The van der Waals surface area contributed by atoms with Crippen LogP contribution in [-0.4, -0.2) is 81.4 Å². The van der Waals surface area contributed by atoms with E-state index in [2.05, 4.69) is 0 Å². The molecule has 4 amide bonds. The number of carbonyl (C=O) groups excluding carboxylic acids is 4. The fourth-order valence-corrected chi connectivity index (χ4v) is 2.85. The molecule has 2 aliphatic rings. The molecule has 9 heteroatoms. The second kappa shape index (κ2) is 5.56. The average Bonchev–Trinajstić information content (AvgIpc) is 2.80. The normalized spacial score (nSPS) is 24.3. The van der Waals surface area contributed by atoms with E-state index < -0.39 is 23.6 Å². The first kappa shape index (κ1) is 16.2. The van der Waals surface area contributed by atoms with Crippen molar-refractivity contribution in [3.05, 3.63) is 0 Å². The molecule has 22 heavy (non-hydrogen) atoms. The van der Waals surface area contributed by atoms with Crippen LogP contribution in [0.15, 0.2) is 0 Å². The number of hydrogen-bond donors (Lipinski definition) is 2. The van der Waals surface area contributed by atoms with E-state index >= 15 is 0 Å². The van der Waals surface area contributed by atoms with Crippen LogP contribution < -0.4 is 5.73 Å². The second-order valence-corrected chi connectivity index (χ2v) is 6.05. The van der Waals surface area contributed by atoms with Gasteiger partial charge < -0.3 is 25.5 Å². The molecule has 3 N–H and O–H groups in total. The van der Waals surface area contributed by atoms with Gasteiger partial charge in [0.25, 0.3) is 0 Å². The number of amides is 4. The maximum Gasteiger partial charge on any atom is 0.244 e. The molecule has 2 rings (SSSR count). The highest BCUT2D eigenvalue weighted by Gasteiger charge is 2.47. The number of nitrogens with zero attached hydrogens (tertiary/aromatic N) is 3. The predicted molar refractivity (Wildman–Crippen MR) is 73.9 cm³/mol. The van der Waals surface area contributed by atoms with Gasteiger partial charge in [0.15, 0.2) is 0 Å². The highest BCUT2D eigenvalue weighted by Crippen LogP contribution is 2.27. The molecule has 0 bridgehead atoms. The van der Waals surface area contributed by atoms with Gasteiger partial charge in [0, 0.05) is 6.54 Å². The molecule has 0 aliphatic carbocycles. The van der Waals surface area contributed by atoms with Crippen LogP contribution in [0.5, 0.6) is 0 Å². The molecule has 0 radical (unpaired) electrons. The largest absolute Gasteiger partial charge is 0.391 e. The third-order valence-electron chi connectivity index (χ3n) is 4.05. The zero-order valence-electron chi connectivity index (χ0n) is 12.6. The van der Waals surface area contributed by atoms with E-state index in [0.29, 0.717) is 0 Å². The van der Waals surface area contributed by atoms with Gasteiger partial charge in [-0.1, -0.05) is 0 Å². The Morgan fingerprint density at radius 2 is 1.91 bits per heavy atom. The van der Waals surface area contributed by atoms with Crippen molar-refractivity contribution in [2.24, 2.45) is 5.73 Å². The molecule has 2 heterocycles. The number of aliphatic hydroxyl groups is 1. The Kier molecular flexibility index (Phi) is 4.10. The molecule has 122 valence electrons. The van der Waals surface area contributed by atoms with Gasteiger partial charge in [0.05, 0.1) is 19.1 Å². The summed E-state index contributed by atoms with van der Waals surface area (Å²) in [5, 5.41) is 9.43. The van der Waals surface area contributed by atoms with Crippen LogP contribution in [0, 0.1) is 0 Å². The molecule has 1 unspecified atom stereocenters. The molecule has 0 saturated carbocycles. The van der Waals surface area contributed by atoms with E-state index in [1.807, 2.05) is 0 Å². The summed E-state index contributed by atoms with van der Waals surface area (Å²) < 4.78 is 0. The van der Waals surface area contributed by atoms with Crippen molar-refractivity contribution in [2.75, 3.05) is 26.2 Å². The summed E-state index contributed by atoms with van der Waals surface area (Å²) in [6.45, 7) is 2.76. The van der Waals surface area contributed by atoms with E-state index in [1.165, 1.54) is 14.7 Å². The lowest BCUT2D eigenvalue weighted by Crippen LogP contribution is -2.55. The molecule has 0 aromatic carbocycles. The minimum Gasteiger partial charge on any atom is -0.391 e. The monoisotopic (exact) mass is 312 g/mol. The van der Waals surface area contributed by atoms with Crippen LogP contribution in [-0.2, 0) is 19.2 Å². The molecule has 2 aliphatic heterocycles. The summed E-state index contributed by atoms with van der Waals surface area (Å²) in [7, 11) is 0. The van der Waals surface area contributed by atoms with E-state index in [-0.39, 0.29) is 44.4 Å². The second-order valence-electron chi connectivity index (χ2n) is 6.05. The smallest absolute Gasteiger partial charge is 0.244 e. The lowest BCUT2D eigenvalue weighted by molar-refractivity contribution is -0.144. The van der Waals surface area contributed by atoms with Crippen molar-refractivity contribution in [1.29, 1.82) is 0 Å². The molecule has 1 atom stereocenters. The van der Waals surface area contributed by atoms with Crippen molar-refractivity contribution >= 4 is 23.6 Å². The zero-order chi connectivity index (χ0) is 16.7. The number of hydrogen-bond acceptors (Lipinski definition) is 5. The number of β-amino-alcohol motifs (C(OH)–C–C–N with tert-alkyl or cyclic N) is 1. The average molecular weight is 312 g/mol. The fraction of sp³-hybridized carbons (Fsp3) is 0.692. The van der Waals surface area contributed by atoms with Crippen molar-refractivity contribution in [3.8, 4) is 0 Å². The van der Waals surface area contributed by atoms with E-state index in [9.17, 15) is 24.3 Å². The van der Waals surface area contributed by atoms with Gasteiger partial charge in [0.2, 0.25) is 23.6 Å². The zero-order valence-corrected chi connectivity index (χ0v) is 12.6. The Hall–Kier alpha value is -2.16. The summed E-state index contributed by atoms with van der Waals surface area (Å²) in [5.74, 6) is -1.73. The van der Waals surface area contributed by atoms with Gasteiger partial charge in [-0.25, -0.2) is 0 Å². The minimum atomic E-state index is -0.995. The standard InChI is InChI=1S/C13H20N4O5/c1-13(2)16(5-9(14)19)12(22)7-17(13)11(21)6-15-4-8(18)3-10(15)20/h8,18H,3-7H2,1-2H3,(H2,14,19). The van der Waals surface area contributed by atoms with Crippen molar-refractivity contribution in [3.63, 3.8) is 0 Å². The van der Waals surface area contributed by atoms with Crippen molar-refractivity contribution in [2.45, 2.75) is 32.0 Å². The van der Waals surface area contributed by atoms with E-state index in [4.69, 9.17) is 5.73 Å². The Morgan fingerprint density at radius 1 is 1.27 bits per heavy atom. The Morgan fingerprint density at radius 3 is 2.41 bits per heavy atom. The fourth-order valence-electron chi connectivity index (χ4n) is 2.85. The van der Waals surface area contributed by atoms with Gasteiger partial charge >= 0.3 is 0 Å². The number of primary amides is 1. The summed E-state index contributed by atoms with van der Waals surface area (Å²) in [6, 6.07) is 0. The number of rotatable bonds is 4. The SMILES string of the molecule is CC1(C)N(CC(N)=O)C(=O)CN1C(=O)CN1CC(O)CC1=O. The lowest BCUT2D eigenvalue weighted by Gasteiger charge is -2.37. The summed E-state index contributed by atoms with van der Waals surface area (Å²) in [6.07, 6.45) is -0.761. The van der Waals surface area contributed by atoms with Crippen LogP contribution in [0.2, 0.25) is 0 Å². The first-order valence-electron chi connectivity index (χ1n) is 6.98. The third kappa shape index (κ3) is 2.89. The number of aliphatic hydroxyl groups excluding tert-OH is 1. The van der Waals surface area contributed by atoms with Crippen LogP contribution in [0.4, 0.5) is 0 Å². The van der Waals surface area contributed by atoms with Gasteiger partial charge in [0.1, 0.15) is 18.8 Å². The van der Waals surface area contributed by atoms with Crippen LogP contribution in [0.25, 0.3) is 0 Å². The molecule has 0 aromatic heterocycles. The van der Waals surface area contributed by atoms with Gasteiger partial charge in [-0.3, -0.25) is 19.2 Å². The molecule has 9 nitrogen and oxygen atoms in total. The van der Waals surface area contributed by atoms with Gasteiger partial charge in [-0.2, -0.15) is 0 Å². The summed E-state index contributed by atoms with van der Waals surface area (Å²) in [4.78, 5) is 50.9. The predicted octanol–water partition coefficient (Wildman–Crippen LogP) is -2.53. The van der Waals surface area contributed by atoms with Gasteiger partial charge in [-0.15, -0.1) is 0 Å². The Balaban J connectivity index is 2.08. The molecular formula is C13H20N4O5. The molecule has 0 spiro atoms. The van der Waals surface area contributed by atoms with Crippen LogP contribution in [0.3, 0.4) is 0 Å². The molecule has 2 saturated heterocycles. The van der Waals surface area contributed by atoms with Crippen molar-refractivity contribution < 1.29 is 24.3 Å². The quantitative estimate of drug-likeness (QED) is 0.592. The van der Waals surface area contributed by atoms with Gasteiger partial charge in [-0.05, 0) is 13.8 Å². The van der Waals surface area contributed by atoms with E-state index in [1.54, 1.807) is 13.8 Å². The highest BCUT2D eigenvalue weighted by molar-refractivity contribution is 5.93. The third-order valence-corrected chi connectivity index (χ3v) is 4.05. The van der Waals surface area contributed by atoms with Crippen molar-refractivity contribution in [1.82, 2.24) is 14.7 Å². The Labute approximate surface area is 127 Å². The topological polar surface area (TPSA) is 124 Å². The molecule has 0 aromatic rings. The first-order chi connectivity index (χ1) is 10.1. The number of nitrogens with two attached hydrogens (primary N) is 1. The van der Waals surface area contributed by atoms with Crippen LogP contribution >= 0.6 is 0 Å². The summed E-state index contributed by atoms with van der Waals surface area (Å²) in [5.41, 5.74) is 4.13. The molecular weight excluding hydrogens is 292 g/mol. The number of carbonyl (C=O) groups is 4. The minimum absolute atomic E-state index is 0.00338. The highest BCUT2D eigenvalue weighted by atomic mass is 16.3. The molecule has 2 fully saturated rings.